The van der Waals surface area contributed by atoms with Gasteiger partial charge in [-0.3, -0.25) is 0 Å². The van der Waals surface area contributed by atoms with Crippen LogP contribution in [0.2, 0.25) is 0 Å². The predicted octanol–water partition coefficient (Wildman–Crippen LogP) is 2.46. The van der Waals surface area contributed by atoms with Gasteiger partial charge in [-0.05, 0) is 23.8 Å². The quantitative estimate of drug-likeness (QED) is 0.876. The highest BCUT2D eigenvalue weighted by atomic mass is 79.9. The molecule has 1 rings (SSSR count). The maximum absolute atomic E-state index is 12.3. The van der Waals surface area contributed by atoms with Crippen LogP contribution in [0, 0.1) is 0 Å². The Hall–Kier alpha value is -0.590. The highest BCUT2D eigenvalue weighted by Gasteiger charge is 2.31. The van der Waals surface area contributed by atoms with E-state index >= 15 is 0 Å². The number of nitrogens with two attached hydrogens (primary N) is 1. The zero-order chi connectivity index (χ0) is 11.6. The van der Waals surface area contributed by atoms with Crippen LogP contribution in [0.25, 0.3) is 0 Å². The molecule has 0 aromatic heterocycles. The van der Waals surface area contributed by atoms with E-state index in [-0.39, 0.29) is 5.56 Å². The van der Waals surface area contributed by atoms with Crippen LogP contribution in [0.5, 0.6) is 0 Å². The summed E-state index contributed by atoms with van der Waals surface area (Å²) < 4.78 is 37.5. The number of hydrogen-bond acceptors (Lipinski definition) is 2. The first-order chi connectivity index (χ1) is 6.86. The molecule has 2 nitrogen and oxygen atoms in total. The van der Waals surface area contributed by atoms with Gasteiger partial charge in [0, 0.05) is 4.47 Å². The van der Waals surface area contributed by atoms with Crippen molar-refractivity contribution in [2.75, 3.05) is 6.61 Å². The summed E-state index contributed by atoms with van der Waals surface area (Å²) in [6, 6.07) is 2.35. The van der Waals surface area contributed by atoms with E-state index in [0.29, 0.717) is 4.47 Å². The van der Waals surface area contributed by atoms with E-state index < -0.39 is 24.4 Å². The van der Waals surface area contributed by atoms with Gasteiger partial charge in [0.1, 0.15) is 0 Å². The smallest absolute Gasteiger partial charge is 0.394 e. The standard InChI is InChI=1S/C9H9BrF3NO/c10-7-2-1-5(9(11,12)13)3-6(7)8(14)4-15/h1-3,8,15H,4,14H2/t8-/m1/s1. The Morgan fingerprint density at radius 1 is 1.40 bits per heavy atom. The molecule has 1 aromatic carbocycles. The number of alkyl halides is 3. The van der Waals surface area contributed by atoms with Crippen molar-refractivity contribution in [1.82, 2.24) is 0 Å². The fourth-order valence-electron chi connectivity index (χ4n) is 1.10. The van der Waals surface area contributed by atoms with Crippen LogP contribution < -0.4 is 5.73 Å². The van der Waals surface area contributed by atoms with E-state index in [0.717, 1.165) is 12.1 Å². The summed E-state index contributed by atoms with van der Waals surface area (Å²) in [6.07, 6.45) is -4.40. The molecule has 0 fully saturated rings. The summed E-state index contributed by atoms with van der Waals surface area (Å²) in [5.41, 5.74) is 4.93. The molecule has 0 heterocycles. The molecule has 0 unspecified atom stereocenters. The minimum atomic E-state index is -4.40. The third-order valence-electron chi connectivity index (χ3n) is 1.92. The Bertz CT molecular complexity index is 354. The van der Waals surface area contributed by atoms with E-state index in [9.17, 15) is 13.2 Å². The second kappa shape index (κ2) is 4.51. The van der Waals surface area contributed by atoms with Crippen molar-refractivity contribution in [2.24, 2.45) is 5.73 Å². The molecule has 0 saturated carbocycles. The van der Waals surface area contributed by atoms with Crippen LogP contribution in [0.4, 0.5) is 13.2 Å². The van der Waals surface area contributed by atoms with Crippen LogP contribution >= 0.6 is 15.9 Å². The molecule has 0 aliphatic carbocycles. The summed E-state index contributed by atoms with van der Waals surface area (Å²) in [4.78, 5) is 0. The third kappa shape index (κ3) is 2.93. The SMILES string of the molecule is N[C@H](CO)c1cc(C(F)(F)F)ccc1Br. The monoisotopic (exact) mass is 283 g/mol. The van der Waals surface area contributed by atoms with Crippen LogP contribution in [0.15, 0.2) is 22.7 Å². The van der Waals surface area contributed by atoms with E-state index in [1.165, 1.54) is 6.07 Å². The lowest BCUT2D eigenvalue weighted by Gasteiger charge is -2.14. The molecule has 0 aliphatic rings. The third-order valence-corrected chi connectivity index (χ3v) is 2.64. The highest BCUT2D eigenvalue weighted by molar-refractivity contribution is 9.10. The second-order valence-corrected chi connectivity index (χ2v) is 3.88. The number of aliphatic hydroxyl groups is 1. The molecule has 0 spiro atoms. The van der Waals surface area contributed by atoms with Crippen LogP contribution in [0.1, 0.15) is 17.2 Å². The second-order valence-electron chi connectivity index (χ2n) is 3.02. The number of benzene rings is 1. The van der Waals surface area contributed by atoms with Gasteiger partial charge in [0.25, 0.3) is 0 Å². The van der Waals surface area contributed by atoms with Gasteiger partial charge >= 0.3 is 6.18 Å². The van der Waals surface area contributed by atoms with Gasteiger partial charge in [0.05, 0.1) is 18.2 Å². The average molecular weight is 284 g/mol. The molecule has 15 heavy (non-hydrogen) atoms. The summed E-state index contributed by atoms with van der Waals surface area (Å²) >= 11 is 3.08. The molecule has 3 N–H and O–H groups in total. The zero-order valence-electron chi connectivity index (χ0n) is 7.55. The Kier molecular flexibility index (Phi) is 3.75. The van der Waals surface area contributed by atoms with E-state index in [1.54, 1.807) is 0 Å². The summed E-state index contributed by atoms with van der Waals surface area (Å²) in [6.45, 7) is -0.403. The maximum atomic E-state index is 12.3. The molecule has 1 atom stereocenters. The normalized spacial score (nSPS) is 14.0. The van der Waals surface area contributed by atoms with Crippen LogP contribution in [-0.2, 0) is 6.18 Å². The van der Waals surface area contributed by atoms with Crippen molar-refractivity contribution < 1.29 is 18.3 Å². The van der Waals surface area contributed by atoms with Gasteiger partial charge in [0.15, 0.2) is 0 Å². The summed E-state index contributed by atoms with van der Waals surface area (Å²) in [5, 5.41) is 8.78. The van der Waals surface area contributed by atoms with Crippen molar-refractivity contribution >= 4 is 15.9 Å². The van der Waals surface area contributed by atoms with E-state index in [1.807, 2.05) is 0 Å². The van der Waals surface area contributed by atoms with Crippen molar-refractivity contribution in [3.05, 3.63) is 33.8 Å². The average Bonchev–Trinajstić information content (AvgIpc) is 2.15. The molecular weight excluding hydrogens is 275 g/mol. The first-order valence-electron chi connectivity index (χ1n) is 4.09. The number of hydrogen-bond donors (Lipinski definition) is 2. The van der Waals surface area contributed by atoms with E-state index in [2.05, 4.69) is 15.9 Å². The fourth-order valence-corrected chi connectivity index (χ4v) is 1.64. The van der Waals surface area contributed by atoms with Crippen molar-refractivity contribution in [3.8, 4) is 0 Å². The number of halogens is 4. The molecule has 0 bridgehead atoms. The molecule has 0 amide bonds. The lowest BCUT2D eigenvalue weighted by atomic mass is 10.1. The Balaban J connectivity index is 3.17. The Morgan fingerprint density at radius 3 is 2.47 bits per heavy atom. The zero-order valence-corrected chi connectivity index (χ0v) is 9.14. The largest absolute Gasteiger partial charge is 0.416 e. The molecule has 0 saturated heterocycles. The lowest BCUT2D eigenvalue weighted by molar-refractivity contribution is -0.137. The van der Waals surface area contributed by atoms with Gasteiger partial charge in [-0.15, -0.1) is 0 Å². The maximum Gasteiger partial charge on any atom is 0.416 e. The summed E-state index contributed by atoms with van der Waals surface area (Å²) in [7, 11) is 0. The lowest BCUT2D eigenvalue weighted by Crippen LogP contribution is -2.16. The summed E-state index contributed by atoms with van der Waals surface area (Å²) in [5.74, 6) is 0. The first kappa shape index (κ1) is 12.5. The fraction of sp³-hybridized carbons (Fsp3) is 0.333. The van der Waals surface area contributed by atoms with Gasteiger partial charge in [-0.1, -0.05) is 15.9 Å². The molecular formula is C9H9BrF3NO. The van der Waals surface area contributed by atoms with Crippen molar-refractivity contribution in [2.45, 2.75) is 12.2 Å². The Labute approximate surface area is 93.0 Å². The Morgan fingerprint density at radius 2 is 2.00 bits per heavy atom. The van der Waals surface area contributed by atoms with Crippen LogP contribution in [0.3, 0.4) is 0 Å². The van der Waals surface area contributed by atoms with Crippen LogP contribution in [-0.4, -0.2) is 11.7 Å². The minimum Gasteiger partial charge on any atom is -0.394 e. The topological polar surface area (TPSA) is 46.2 Å². The minimum absolute atomic E-state index is 0.243. The molecule has 6 heteroatoms. The number of aliphatic hydroxyl groups excluding tert-OH is 1. The first-order valence-corrected chi connectivity index (χ1v) is 4.88. The number of rotatable bonds is 2. The van der Waals surface area contributed by atoms with Crippen molar-refractivity contribution in [3.63, 3.8) is 0 Å². The van der Waals surface area contributed by atoms with Gasteiger partial charge < -0.3 is 10.8 Å². The molecule has 0 aliphatic heterocycles. The van der Waals surface area contributed by atoms with Gasteiger partial charge in [-0.25, -0.2) is 0 Å². The van der Waals surface area contributed by atoms with E-state index in [4.69, 9.17) is 10.8 Å². The van der Waals surface area contributed by atoms with Gasteiger partial charge in [0.2, 0.25) is 0 Å². The van der Waals surface area contributed by atoms with Gasteiger partial charge in [-0.2, -0.15) is 13.2 Å². The highest BCUT2D eigenvalue weighted by Crippen LogP contribution is 2.33. The molecule has 0 radical (unpaired) electrons. The predicted molar refractivity (Wildman–Crippen MR) is 53.2 cm³/mol. The van der Waals surface area contributed by atoms with Crippen molar-refractivity contribution in [1.29, 1.82) is 0 Å². The molecule has 1 aromatic rings. The molecule has 84 valence electrons.